The van der Waals surface area contributed by atoms with Gasteiger partial charge >= 0.3 is 0 Å². The van der Waals surface area contributed by atoms with Crippen molar-refractivity contribution in [2.75, 3.05) is 38.2 Å². The van der Waals surface area contributed by atoms with Crippen LogP contribution >= 0.6 is 23.7 Å². The van der Waals surface area contributed by atoms with Crippen molar-refractivity contribution >= 4 is 45.0 Å². The highest BCUT2D eigenvalue weighted by atomic mass is 35.5. The number of aromatic nitrogens is 3. The van der Waals surface area contributed by atoms with Crippen LogP contribution in [0.3, 0.4) is 0 Å². The van der Waals surface area contributed by atoms with Gasteiger partial charge in [0.2, 0.25) is 0 Å². The highest BCUT2D eigenvalue weighted by Gasteiger charge is 2.26. The van der Waals surface area contributed by atoms with Crippen LogP contribution in [0.1, 0.15) is 55.5 Å². The van der Waals surface area contributed by atoms with Crippen LogP contribution < -0.4 is 9.64 Å². The summed E-state index contributed by atoms with van der Waals surface area (Å²) < 4.78 is 8.45. The van der Waals surface area contributed by atoms with E-state index in [1.807, 2.05) is 29.8 Å². The lowest BCUT2D eigenvalue weighted by Crippen LogP contribution is -2.39. The zero-order valence-electron chi connectivity index (χ0n) is 20.0. The number of thiazole rings is 1. The van der Waals surface area contributed by atoms with Gasteiger partial charge in [0, 0.05) is 24.8 Å². The van der Waals surface area contributed by atoms with Gasteiger partial charge in [-0.05, 0) is 58.5 Å². The first-order chi connectivity index (χ1) is 14.8. The summed E-state index contributed by atoms with van der Waals surface area (Å²) in [4.78, 5) is 22.5. The molecule has 0 unspecified atom stereocenters. The lowest BCUT2D eigenvalue weighted by Gasteiger charge is -2.24. The Morgan fingerprint density at radius 1 is 1.19 bits per heavy atom. The van der Waals surface area contributed by atoms with E-state index in [1.165, 1.54) is 11.3 Å². The summed E-state index contributed by atoms with van der Waals surface area (Å²) in [7, 11) is 1.65. The number of rotatable bonds is 9. The molecule has 0 aliphatic carbocycles. The highest BCUT2D eigenvalue weighted by molar-refractivity contribution is 7.22. The molecule has 0 aliphatic rings. The molecule has 9 heteroatoms. The number of benzene rings is 1. The van der Waals surface area contributed by atoms with Gasteiger partial charge in [0.25, 0.3) is 5.91 Å². The summed E-state index contributed by atoms with van der Waals surface area (Å²) in [5.74, 6) is 0.601. The minimum absolute atomic E-state index is 0. The minimum Gasteiger partial charge on any atom is -0.494 e. The molecule has 3 rings (SSSR count). The molecule has 0 N–H and O–H groups in total. The van der Waals surface area contributed by atoms with Crippen LogP contribution in [0, 0.1) is 13.8 Å². The maximum atomic E-state index is 13.6. The van der Waals surface area contributed by atoms with Crippen molar-refractivity contribution < 1.29 is 9.53 Å². The molecule has 0 saturated carbocycles. The molecule has 7 nitrogen and oxygen atoms in total. The van der Waals surface area contributed by atoms with Crippen LogP contribution in [-0.2, 0) is 0 Å². The number of hydrogen-bond donors (Lipinski definition) is 0. The van der Waals surface area contributed by atoms with Crippen molar-refractivity contribution in [3.63, 3.8) is 0 Å². The first kappa shape index (κ1) is 26.1. The predicted molar refractivity (Wildman–Crippen MR) is 135 cm³/mol. The predicted octanol–water partition coefficient (Wildman–Crippen LogP) is 5.11. The molecule has 176 valence electrons. The van der Waals surface area contributed by atoms with Crippen LogP contribution in [0.15, 0.2) is 18.2 Å². The van der Waals surface area contributed by atoms with E-state index in [1.54, 1.807) is 12.0 Å². The van der Waals surface area contributed by atoms with Crippen LogP contribution in [0.5, 0.6) is 5.75 Å². The van der Waals surface area contributed by atoms with Gasteiger partial charge < -0.3 is 9.64 Å². The molecule has 0 fully saturated rings. The van der Waals surface area contributed by atoms with Crippen LogP contribution in [0.2, 0.25) is 0 Å². The Morgan fingerprint density at radius 3 is 2.44 bits per heavy atom. The number of carbonyl (C=O) groups is 1. The zero-order chi connectivity index (χ0) is 22.7. The van der Waals surface area contributed by atoms with Crippen molar-refractivity contribution in [3.8, 4) is 5.75 Å². The molecule has 0 saturated heterocycles. The van der Waals surface area contributed by atoms with E-state index in [2.05, 4.69) is 44.6 Å². The third kappa shape index (κ3) is 5.24. The normalized spacial score (nSPS) is 11.3. The number of likely N-dealkylation sites (N-methyl/N-ethyl adjacent to an activating group) is 1. The molecule has 1 aromatic carbocycles. The SMILES string of the molecule is CCN(CC)CCN(C(=O)c1cc(C)n(C(C)C)n1)c1nc2c(OC)ccc(C)c2s1.Cl. The Kier molecular flexibility index (Phi) is 9.07. The maximum absolute atomic E-state index is 13.6. The van der Waals surface area contributed by atoms with E-state index in [0.29, 0.717) is 17.4 Å². The number of halogens is 1. The highest BCUT2D eigenvalue weighted by Crippen LogP contribution is 2.36. The molecule has 0 atom stereocenters. The largest absolute Gasteiger partial charge is 0.494 e. The van der Waals surface area contributed by atoms with Gasteiger partial charge in [-0.1, -0.05) is 31.3 Å². The third-order valence-electron chi connectivity index (χ3n) is 5.55. The zero-order valence-corrected chi connectivity index (χ0v) is 21.6. The van der Waals surface area contributed by atoms with Crippen LogP contribution in [-0.4, -0.2) is 58.9 Å². The number of hydrogen-bond acceptors (Lipinski definition) is 6. The summed E-state index contributed by atoms with van der Waals surface area (Å²) in [5.41, 5.74) is 3.35. The van der Waals surface area contributed by atoms with Gasteiger partial charge in [0.1, 0.15) is 11.3 Å². The van der Waals surface area contributed by atoms with Crippen molar-refractivity contribution in [3.05, 3.63) is 35.2 Å². The van der Waals surface area contributed by atoms with E-state index in [0.717, 1.165) is 46.9 Å². The number of nitrogens with zero attached hydrogens (tertiary/aromatic N) is 5. The number of anilines is 1. The molecule has 0 bridgehead atoms. The summed E-state index contributed by atoms with van der Waals surface area (Å²) in [6.07, 6.45) is 0. The van der Waals surface area contributed by atoms with Crippen molar-refractivity contribution in [2.24, 2.45) is 0 Å². The molecule has 32 heavy (non-hydrogen) atoms. The van der Waals surface area contributed by atoms with Gasteiger partial charge in [0.05, 0.1) is 11.8 Å². The quantitative estimate of drug-likeness (QED) is 0.426. The summed E-state index contributed by atoms with van der Waals surface area (Å²) >= 11 is 1.53. The Labute approximate surface area is 200 Å². The number of ether oxygens (including phenoxy) is 1. The van der Waals surface area contributed by atoms with E-state index in [-0.39, 0.29) is 24.4 Å². The minimum atomic E-state index is -0.120. The molecule has 1 amide bonds. The molecule has 0 aliphatic heterocycles. The molecule has 0 radical (unpaired) electrons. The van der Waals surface area contributed by atoms with Gasteiger partial charge in [-0.2, -0.15) is 5.10 Å². The second-order valence-electron chi connectivity index (χ2n) is 7.95. The molecule has 2 heterocycles. The lowest BCUT2D eigenvalue weighted by atomic mass is 10.2. The lowest BCUT2D eigenvalue weighted by molar-refractivity contribution is 0.0978. The van der Waals surface area contributed by atoms with E-state index >= 15 is 0 Å². The van der Waals surface area contributed by atoms with E-state index < -0.39 is 0 Å². The molecule has 3 aromatic rings. The summed E-state index contributed by atoms with van der Waals surface area (Å²) in [6, 6.07) is 6.02. The van der Waals surface area contributed by atoms with Crippen molar-refractivity contribution in [1.29, 1.82) is 0 Å². The Hall–Kier alpha value is -2.16. The molecular weight excluding hydrogens is 446 g/mol. The van der Waals surface area contributed by atoms with Gasteiger partial charge in [-0.25, -0.2) is 4.98 Å². The number of amides is 1. The second-order valence-corrected chi connectivity index (χ2v) is 8.93. The van der Waals surface area contributed by atoms with E-state index in [9.17, 15) is 4.79 Å². The smallest absolute Gasteiger partial charge is 0.280 e. The van der Waals surface area contributed by atoms with Crippen molar-refractivity contribution in [1.82, 2.24) is 19.7 Å². The number of carbonyl (C=O) groups excluding carboxylic acids is 1. The van der Waals surface area contributed by atoms with E-state index in [4.69, 9.17) is 9.72 Å². The molecular formula is C23H34ClN5O2S. The Balaban J connectivity index is 0.00000363. The maximum Gasteiger partial charge on any atom is 0.280 e. The Bertz CT molecular complexity index is 1060. The topological polar surface area (TPSA) is 63.5 Å². The van der Waals surface area contributed by atoms with Crippen LogP contribution in [0.25, 0.3) is 10.2 Å². The van der Waals surface area contributed by atoms with Crippen LogP contribution in [0.4, 0.5) is 5.13 Å². The average molecular weight is 480 g/mol. The monoisotopic (exact) mass is 479 g/mol. The van der Waals surface area contributed by atoms with Crippen molar-refractivity contribution in [2.45, 2.75) is 47.6 Å². The van der Waals surface area contributed by atoms with Gasteiger partial charge in [0.15, 0.2) is 10.8 Å². The standard InChI is InChI=1S/C23H33N5O2S.ClH/c1-8-26(9-2)12-13-27(22(29)18-14-17(6)28(25-18)15(3)4)23-24-20-19(30-7)11-10-16(5)21(20)31-23;/h10-11,14-15H,8-9,12-13H2,1-7H3;1H. The fourth-order valence-corrected chi connectivity index (χ4v) is 4.77. The summed E-state index contributed by atoms with van der Waals surface area (Å²) in [6.45, 7) is 15.6. The number of fused-ring (bicyclic) bond motifs is 1. The second kappa shape index (κ2) is 11.1. The molecule has 2 aromatic heterocycles. The van der Waals surface area contributed by atoms with Gasteiger partial charge in [-0.15, -0.1) is 12.4 Å². The fraction of sp³-hybridized carbons (Fsp3) is 0.522. The molecule has 0 spiro atoms. The average Bonchev–Trinajstić information content (AvgIpc) is 3.36. The number of aryl methyl sites for hydroxylation is 2. The first-order valence-corrected chi connectivity index (χ1v) is 11.7. The van der Waals surface area contributed by atoms with Gasteiger partial charge in [-0.3, -0.25) is 14.4 Å². The fourth-order valence-electron chi connectivity index (χ4n) is 3.70. The summed E-state index contributed by atoms with van der Waals surface area (Å²) in [5, 5.41) is 5.27. The number of methoxy groups -OCH3 is 1. The Morgan fingerprint density at radius 2 is 1.88 bits per heavy atom. The third-order valence-corrected chi connectivity index (χ3v) is 6.77. The first-order valence-electron chi connectivity index (χ1n) is 10.8.